The summed E-state index contributed by atoms with van der Waals surface area (Å²) in [6.07, 6.45) is 9.01. The van der Waals surface area contributed by atoms with Crippen molar-refractivity contribution in [1.29, 1.82) is 0 Å². The minimum atomic E-state index is 0.311. The molecule has 0 radical (unpaired) electrons. The van der Waals surface area contributed by atoms with Crippen LogP contribution < -0.4 is 0 Å². The maximum absolute atomic E-state index is 8.92. The Morgan fingerprint density at radius 3 is 2.50 bits per heavy atom. The number of allylic oxidation sites excluding steroid dienone is 2. The summed E-state index contributed by atoms with van der Waals surface area (Å²) in [5.74, 6) is 0. The quantitative estimate of drug-likeness (QED) is 0.593. The first-order valence-corrected chi connectivity index (χ1v) is 4.09. The van der Waals surface area contributed by atoms with Crippen molar-refractivity contribution in [2.75, 3.05) is 6.61 Å². The lowest BCUT2D eigenvalue weighted by molar-refractivity contribution is 0.213. The van der Waals surface area contributed by atoms with Crippen molar-refractivity contribution < 1.29 is 5.11 Å². The normalized spacial score (nSPS) is 21.8. The summed E-state index contributed by atoms with van der Waals surface area (Å²) in [6, 6.07) is 0. The summed E-state index contributed by atoms with van der Waals surface area (Å²) < 4.78 is 0. The van der Waals surface area contributed by atoms with Crippen LogP contribution in [0, 0.1) is 5.41 Å². The molecule has 0 saturated heterocycles. The van der Waals surface area contributed by atoms with E-state index >= 15 is 0 Å². The summed E-state index contributed by atoms with van der Waals surface area (Å²) in [5.41, 5.74) is 0.311. The molecule has 0 spiro atoms. The van der Waals surface area contributed by atoms with Gasteiger partial charge in [-0.25, -0.2) is 0 Å². The number of aliphatic hydroxyl groups excluding tert-OH is 1. The fraction of sp³-hybridized carbons (Fsp3) is 0.778. The first-order valence-electron chi connectivity index (χ1n) is 4.09. The van der Waals surface area contributed by atoms with E-state index in [1.54, 1.807) is 0 Å². The Labute approximate surface area is 62.8 Å². The Kier molecular flexibility index (Phi) is 2.50. The lowest BCUT2D eigenvalue weighted by Gasteiger charge is -2.05. The Bertz CT molecular complexity index is 123. The van der Waals surface area contributed by atoms with Gasteiger partial charge >= 0.3 is 0 Å². The molecule has 0 amide bonds. The number of rotatable bonds is 4. The van der Waals surface area contributed by atoms with Gasteiger partial charge in [-0.05, 0) is 31.1 Å². The molecule has 1 saturated carbocycles. The molecular weight excluding hydrogens is 124 g/mol. The van der Waals surface area contributed by atoms with E-state index in [1.807, 2.05) is 0 Å². The van der Waals surface area contributed by atoms with Crippen molar-refractivity contribution in [3.8, 4) is 0 Å². The van der Waals surface area contributed by atoms with Crippen molar-refractivity contribution in [2.24, 2.45) is 5.41 Å². The predicted molar refractivity (Wildman–Crippen MR) is 42.8 cm³/mol. The zero-order chi connectivity index (χ0) is 7.45. The molecule has 1 N–H and O–H groups in total. The molecule has 1 heteroatoms. The monoisotopic (exact) mass is 140 g/mol. The molecule has 58 valence electrons. The van der Waals surface area contributed by atoms with Crippen LogP contribution in [0.5, 0.6) is 0 Å². The Balaban J connectivity index is 2.18. The second kappa shape index (κ2) is 3.20. The molecule has 1 aliphatic carbocycles. The first kappa shape index (κ1) is 7.80. The van der Waals surface area contributed by atoms with Gasteiger partial charge < -0.3 is 5.11 Å². The van der Waals surface area contributed by atoms with Crippen molar-refractivity contribution in [3.05, 3.63) is 12.2 Å². The predicted octanol–water partition coefficient (Wildman–Crippen LogP) is 2.12. The zero-order valence-electron chi connectivity index (χ0n) is 6.64. The Morgan fingerprint density at radius 2 is 2.10 bits per heavy atom. The lowest BCUT2D eigenvalue weighted by atomic mass is 10.0. The van der Waals surface area contributed by atoms with Gasteiger partial charge in [-0.2, -0.15) is 0 Å². The van der Waals surface area contributed by atoms with Gasteiger partial charge in [0, 0.05) is 6.61 Å². The van der Waals surface area contributed by atoms with E-state index in [4.69, 9.17) is 5.11 Å². The first-order chi connectivity index (χ1) is 4.83. The van der Waals surface area contributed by atoms with E-state index in [-0.39, 0.29) is 0 Å². The van der Waals surface area contributed by atoms with E-state index in [1.165, 1.54) is 12.8 Å². The summed E-state index contributed by atoms with van der Waals surface area (Å²) >= 11 is 0. The average molecular weight is 140 g/mol. The molecule has 1 aliphatic rings. The molecule has 0 aliphatic heterocycles. The zero-order valence-corrected chi connectivity index (χ0v) is 6.64. The van der Waals surface area contributed by atoms with Gasteiger partial charge in [-0.1, -0.05) is 19.1 Å². The highest BCUT2D eigenvalue weighted by Crippen LogP contribution is 2.48. The number of hydrogen-bond acceptors (Lipinski definition) is 1. The van der Waals surface area contributed by atoms with Gasteiger partial charge in [0.2, 0.25) is 0 Å². The van der Waals surface area contributed by atoms with E-state index in [9.17, 15) is 0 Å². The van der Waals surface area contributed by atoms with Gasteiger partial charge in [-0.15, -0.1) is 0 Å². The van der Waals surface area contributed by atoms with Crippen LogP contribution in [0.25, 0.3) is 0 Å². The SMILES string of the molecule is CC/C=C/CC1(CO)CC1. The van der Waals surface area contributed by atoms with Crippen LogP contribution in [0.15, 0.2) is 12.2 Å². The molecule has 1 fully saturated rings. The molecule has 0 bridgehead atoms. The summed E-state index contributed by atoms with van der Waals surface area (Å²) in [6.45, 7) is 2.51. The highest BCUT2D eigenvalue weighted by molar-refractivity contribution is 4.99. The molecule has 0 aromatic heterocycles. The van der Waals surface area contributed by atoms with Crippen LogP contribution in [0.3, 0.4) is 0 Å². The summed E-state index contributed by atoms with van der Waals surface area (Å²) in [4.78, 5) is 0. The van der Waals surface area contributed by atoms with Gasteiger partial charge in [-0.3, -0.25) is 0 Å². The highest BCUT2D eigenvalue weighted by atomic mass is 16.3. The van der Waals surface area contributed by atoms with Crippen molar-refractivity contribution in [2.45, 2.75) is 32.6 Å². The van der Waals surface area contributed by atoms with Crippen LogP contribution in [-0.2, 0) is 0 Å². The maximum atomic E-state index is 8.92. The molecule has 1 rings (SSSR count). The summed E-state index contributed by atoms with van der Waals surface area (Å²) in [7, 11) is 0. The molecule has 10 heavy (non-hydrogen) atoms. The molecule has 0 atom stereocenters. The van der Waals surface area contributed by atoms with Crippen molar-refractivity contribution in [1.82, 2.24) is 0 Å². The highest BCUT2D eigenvalue weighted by Gasteiger charge is 2.40. The second-order valence-corrected chi connectivity index (χ2v) is 3.24. The minimum absolute atomic E-state index is 0.311. The Hall–Kier alpha value is -0.300. The number of aliphatic hydroxyl groups is 1. The van der Waals surface area contributed by atoms with E-state index < -0.39 is 0 Å². The molecule has 1 nitrogen and oxygen atoms in total. The third kappa shape index (κ3) is 1.84. The average Bonchev–Trinajstić information content (AvgIpc) is 2.70. The Morgan fingerprint density at radius 1 is 1.40 bits per heavy atom. The van der Waals surface area contributed by atoms with Crippen LogP contribution in [0.1, 0.15) is 32.6 Å². The van der Waals surface area contributed by atoms with Crippen LogP contribution in [-0.4, -0.2) is 11.7 Å². The van der Waals surface area contributed by atoms with E-state index in [2.05, 4.69) is 19.1 Å². The summed E-state index contributed by atoms with van der Waals surface area (Å²) in [5, 5.41) is 8.92. The maximum Gasteiger partial charge on any atom is 0.0490 e. The van der Waals surface area contributed by atoms with Gasteiger partial charge in [0.15, 0.2) is 0 Å². The molecule has 0 aromatic rings. The van der Waals surface area contributed by atoms with Crippen LogP contribution in [0.4, 0.5) is 0 Å². The van der Waals surface area contributed by atoms with E-state index in [0.29, 0.717) is 12.0 Å². The fourth-order valence-corrected chi connectivity index (χ4v) is 1.10. The van der Waals surface area contributed by atoms with Crippen LogP contribution in [0.2, 0.25) is 0 Å². The second-order valence-electron chi connectivity index (χ2n) is 3.24. The van der Waals surface area contributed by atoms with Crippen molar-refractivity contribution in [3.63, 3.8) is 0 Å². The van der Waals surface area contributed by atoms with Gasteiger partial charge in [0.25, 0.3) is 0 Å². The number of hydrogen-bond donors (Lipinski definition) is 1. The molecule has 0 heterocycles. The smallest absolute Gasteiger partial charge is 0.0490 e. The van der Waals surface area contributed by atoms with Gasteiger partial charge in [0.1, 0.15) is 0 Å². The minimum Gasteiger partial charge on any atom is -0.396 e. The van der Waals surface area contributed by atoms with Crippen molar-refractivity contribution >= 4 is 0 Å². The van der Waals surface area contributed by atoms with Gasteiger partial charge in [0.05, 0.1) is 0 Å². The molecule has 0 unspecified atom stereocenters. The third-order valence-electron chi connectivity index (χ3n) is 2.25. The molecule has 0 aromatic carbocycles. The molecular formula is C9H16O. The fourth-order valence-electron chi connectivity index (χ4n) is 1.10. The van der Waals surface area contributed by atoms with E-state index in [0.717, 1.165) is 12.8 Å². The standard InChI is InChI=1S/C9H16O/c1-2-3-4-5-9(8-10)6-7-9/h3-4,10H,2,5-8H2,1H3/b4-3+. The lowest BCUT2D eigenvalue weighted by Crippen LogP contribution is -2.03. The third-order valence-corrected chi connectivity index (χ3v) is 2.25. The largest absolute Gasteiger partial charge is 0.396 e. The van der Waals surface area contributed by atoms with Crippen LogP contribution >= 0.6 is 0 Å². The topological polar surface area (TPSA) is 20.2 Å².